The van der Waals surface area contributed by atoms with Crippen LogP contribution in [0, 0.1) is 5.92 Å². The molecule has 0 saturated carbocycles. The highest BCUT2D eigenvalue weighted by molar-refractivity contribution is 5.80. The topological polar surface area (TPSA) is 29.5 Å². The molecule has 0 saturated heterocycles. The Balaban J connectivity index is 3.31. The highest BCUT2D eigenvalue weighted by Crippen LogP contribution is 2.00. The van der Waals surface area contributed by atoms with Gasteiger partial charge in [-0.1, -0.05) is 13.8 Å². The fraction of sp³-hybridized carbons (Fsp3) is 0.923. The Kier molecular flexibility index (Phi) is 8.49. The minimum absolute atomic E-state index is 0.135. The van der Waals surface area contributed by atoms with E-state index in [1.165, 1.54) is 0 Å². The molecule has 0 aromatic heterocycles. The minimum atomic E-state index is 0.135. The van der Waals surface area contributed by atoms with Crippen LogP contribution in [0.3, 0.4) is 0 Å². The molecule has 3 nitrogen and oxygen atoms in total. The van der Waals surface area contributed by atoms with Gasteiger partial charge in [-0.15, -0.1) is 0 Å². The first-order chi connectivity index (χ1) is 7.45. The second kappa shape index (κ2) is 8.71. The maximum atomic E-state index is 11.3. The monoisotopic (exact) mass is 229 g/mol. The standard InChI is InChI=1S/C13H27NO2/c1-11(2)13(15)7-10-16-9-6-8-14(5)12(3)4/h11-12H,6-10H2,1-5H3. The first kappa shape index (κ1) is 15.6. The lowest BCUT2D eigenvalue weighted by Crippen LogP contribution is -2.28. The van der Waals surface area contributed by atoms with Gasteiger partial charge in [-0.25, -0.2) is 0 Å². The van der Waals surface area contributed by atoms with Gasteiger partial charge in [0.05, 0.1) is 6.61 Å². The van der Waals surface area contributed by atoms with Crippen LogP contribution in [0.25, 0.3) is 0 Å². The van der Waals surface area contributed by atoms with Crippen LogP contribution in [0.2, 0.25) is 0 Å². The lowest BCUT2D eigenvalue weighted by Gasteiger charge is -2.20. The zero-order valence-corrected chi connectivity index (χ0v) is 11.5. The average molecular weight is 229 g/mol. The van der Waals surface area contributed by atoms with E-state index in [9.17, 15) is 4.79 Å². The van der Waals surface area contributed by atoms with Crippen molar-refractivity contribution in [2.45, 2.75) is 46.6 Å². The first-order valence-corrected chi connectivity index (χ1v) is 6.25. The molecule has 0 spiro atoms. The van der Waals surface area contributed by atoms with Gasteiger partial charge in [-0.2, -0.15) is 0 Å². The summed E-state index contributed by atoms with van der Waals surface area (Å²) in [5.41, 5.74) is 0. The zero-order chi connectivity index (χ0) is 12.6. The predicted octanol–water partition coefficient (Wildman–Crippen LogP) is 2.35. The van der Waals surface area contributed by atoms with E-state index in [-0.39, 0.29) is 5.92 Å². The third kappa shape index (κ3) is 7.83. The van der Waals surface area contributed by atoms with Gasteiger partial charge in [0, 0.05) is 31.5 Å². The summed E-state index contributed by atoms with van der Waals surface area (Å²) in [5.74, 6) is 0.426. The Morgan fingerprint density at radius 2 is 1.81 bits per heavy atom. The molecule has 0 rings (SSSR count). The first-order valence-electron chi connectivity index (χ1n) is 6.25. The Bertz CT molecular complexity index is 190. The van der Waals surface area contributed by atoms with Crippen LogP contribution in [0.4, 0.5) is 0 Å². The van der Waals surface area contributed by atoms with Gasteiger partial charge in [0.2, 0.25) is 0 Å². The Labute approximate surface area is 100 Å². The summed E-state index contributed by atoms with van der Waals surface area (Å²) >= 11 is 0. The third-order valence-electron chi connectivity index (χ3n) is 2.82. The summed E-state index contributed by atoms with van der Waals surface area (Å²) in [5, 5.41) is 0. The van der Waals surface area contributed by atoms with E-state index in [2.05, 4.69) is 25.8 Å². The number of carbonyl (C=O) groups is 1. The van der Waals surface area contributed by atoms with Gasteiger partial charge in [0.15, 0.2) is 0 Å². The third-order valence-corrected chi connectivity index (χ3v) is 2.82. The van der Waals surface area contributed by atoms with E-state index in [0.29, 0.717) is 24.9 Å². The number of hydrogen-bond donors (Lipinski definition) is 0. The molecule has 0 aliphatic rings. The van der Waals surface area contributed by atoms with Crippen molar-refractivity contribution in [2.75, 3.05) is 26.8 Å². The fourth-order valence-corrected chi connectivity index (χ4v) is 1.24. The molecule has 0 N–H and O–H groups in total. The highest BCUT2D eigenvalue weighted by Gasteiger charge is 2.06. The number of ether oxygens (including phenoxy) is 1. The molecule has 0 heterocycles. The molecule has 0 aromatic carbocycles. The molecule has 0 aliphatic heterocycles. The maximum Gasteiger partial charge on any atom is 0.137 e. The Morgan fingerprint density at radius 3 is 2.31 bits per heavy atom. The summed E-state index contributed by atoms with van der Waals surface area (Å²) in [6, 6.07) is 0.586. The number of Topliss-reactive ketones (excluding diaryl/α,β-unsaturated/α-hetero) is 1. The number of nitrogens with zero attached hydrogens (tertiary/aromatic N) is 1. The van der Waals surface area contributed by atoms with Crippen molar-refractivity contribution in [2.24, 2.45) is 5.92 Å². The van der Waals surface area contributed by atoms with E-state index in [1.54, 1.807) is 0 Å². The predicted molar refractivity (Wildman–Crippen MR) is 67.7 cm³/mol. The maximum absolute atomic E-state index is 11.3. The SMILES string of the molecule is CC(C)C(=O)CCOCCCN(C)C(C)C. The number of hydrogen-bond acceptors (Lipinski definition) is 3. The summed E-state index contributed by atoms with van der Waals surface area (Å²) < 4.78 is 5.44. The summed E-state index contributed by atoms with van der Waals surface area (Å²) in [6.45, 7) is 10.6. The zero-order valence-electron chi connectivity index (χ0n) is 11.5. The molecule has 0 aromatic rings. The van der Waals surface area contributed by atoms with Crippen LogP contribution in [0.5, 0.6) is 0 Å². The summed E-state index contributed by atoms with van der Waals surface area (Å²) in [7, 11) is 2.12. The number of carbonyl (C=O) groups excluding carboxylic acids is 1. The van der Waals surface area contributed by atoms with E-state index in [0.717, 1.165) is 19.6 Å². The van der Waals surface area contributed by atoms with Gasteiger partial charge < -0.3 is 9.64 Å². The average Bonchev–Trinajstić information content (AvgIpc) is 2.21. The highest BCUT2D eigenvalue weighted by atomic mass is 16.5. The van der Waals surface area contributed by atoms with E-state index >= 15 is 0 Å². The van der Waals surface area contributed by atoms with Crippen molar-refractivity contribution >= 4 is 5.78 Å². The van der Waals surface area contributed by atoms with Crippen molar-refractivity contribution in [3.05, 3.63) is 0 Å². The van der Waals surface area contributed by atoms with Gasteiger partial charge in [0.25, 0.3) is 0 Å². The molecule has 16 heavy (non-hydrogen) atoms. The molecular weight excluding hydrogens is 202 g/mol. The second-order valence-electron chi connectivity index (χ2n) is 4.91. The lowest BCUT2D eigenvalue weighted by atomic mass is 10.1. The van der Waals surface area contributed by atoms with Gasteiger partial charge in [0.1, 0.15) is 5.78 Å². The van der Waals surface area contributed by atoms with Crippen molar-refractivity contribution in [3.8, 4) is 0 Å². The summed E-state index contributed by atoms with van der Waals surface area (Å²) in [4.78, 5) is 13.6. The lowest BCUT2D eigenvalue weighted by molar-refractivity contribution is -0.122. The van der Waals surface area contributed by atoms with Gasteiger partial charge >= 0.3 is 0 Å². The normalized spacial score (nSPS) is 11.8. The van der Waals surface area contributed by atoms with Gasteiger partial charge in [-0.3, -0.25) is 4.79 Å². The Hall–Kier alpha value is -0.410. The molecule has 96 valence electrons. The van der Waals surface area contributed by atoms with E-state index in [1.807, 2.05) is 13.8 Å². The fourth-order valence-electron chi connectivity index (χ4n) is 1.24. The molecule has 0 fully saturated rings. The molecule has 0 bridgehead atoms. The van der Waals surface area contributed by atoms with E-state index in [4.69, 9.17) is 4.74 Å². The summed E-state index contributed by atoms with van der Waals surface area (Å²) in [6.07, 6.45) is 1.59. The van der Waals surface area contributed by atoms with Crippen LogP contribution >= 0.6 is 0 Å². The molecule has 0 unspecified atom stereocenters. The quantitative estimate of drug-likeness (QED) is 0.568. The smallest absolute Gasteiger partial charge is 0.137 e. The van der Waals surface area contributed by atoms with Crippen LogP contribution in [-0.2, 0) is 9.53 Å². The molecular formula is C13H27NO2. The molecule has 0 atom stereocenters. The van der Waals surface area contributed by atoms with Crippen molar-refractivity contribution < 1.29 is 9.53 Å². The van der Waals surface area contributed by atoms with Crippen molar-refractivity contribution in [3.63, 3.8) is 0 Å². The van der Waals surface area contributed by atoms with Gasteiger partial charge in [-0.05, 0) is 27.3 Å². The van der Waals surface area contributed by atoms with Crippen LogP contribution in [0.15, 0.2) is 0 Å². The molecule has 0 amide bonds. The van der Waals surface area contributed by atoms with Crippen molar-refractivity contribution in [1.82, 2.24) is 4.90 Å². The Morgan fingerprint density at radius 1 is 1.19 bits per heavy atom. The number of ketones is 1. The van der Waals surface area contributed by atoms with Crippen LogP contribution in [-0.4, -0.2) is 43.5 Å². The van der Waals surface area contributed by atoms with Crippen molar-refractivity contribution in [1.29, 1.82) is 0 Å². The molecule has 0 aliphatic carbocycles. The van der Waals surface area contributed by atoms with Crippen LogP contribution < -0.4 is 0 Å². The molecule has 0 radical (unpaired) electrons. The van der Waals surface area contributed by atoms with E-state index < -0.39 is 0 Å². The minimum Gasteiger partial charge on any atom is -0.381 e. The number of rotatable bonds is 9. The molecule has 3 heteroatoms. The largest absolute Gasteiger partial charge is 0.381 e. The second-order valence-corrected chi connectivity index (χ2v) is 4.91. The van der Waals surface area contributed by atoms with Crippen LogP contribution in [0.1, 0.15) is 40.5 Å².